The van der Waals surface area contributed by atoms with Crippen molar-refractivity contribution < 1.29 is 13.2 Å². The minimum atomic E-state index is -3.18. The van der Waals surface area contributed by atoms with Gasteiger partial charge in [-0.3, -0.25) is 0 Å². The lowest BCUT2D eigenvalue weighted by molar-refractivity contribution is -0.00521. The van der Waals surface area contributed by atoms with Crippen LogP contribution in [0.1, 0.15) is 59.8 Å². The minimum Gasteiger partial charge on any atom is -0.385 e. The Morgan fingerprint density at radius 3 is 2.23 bits per heavy atom. The number of morpholine rings is 1. The van der Waals surface area contributed by atoms with Crippen LogP contribution in [-0.4, -0.2) is 51.6 Å². The Bertz CT molecular complexity index is 750. The van der Waals surface area contributed by atoms with E-state index in [9.17, 15) is 8.42 Å². The van der Waals surface area contributed by atoms with Gasteiger partial charge in [0.25, 0.3) is 0 Å². The van der Waals surface area contributed by atoms with Gasteiger partial charge in [0.15, 0.2) is 0 Å². The molecular weight excluding hydrogens is 398 g/mol. The van der Waals surface area contributed by atoms with Crippen molar-refractivity contribution in [1.29, 1.82) is 0 Å². The van der Waals surface area contributed by atoms with E-state index >= 15 is 0 Å². The number of rotatable bonds is 8. The molecular formula is C23H39N3O3S. The van der Waals surface area contributed by atoms with Gasteiger partial charge >= 0.3 is 0 Å². The van der Waals surface area contributed by atoms with Gasteiger partial charge in [-0.25, -0.2) is 13.1 Å². The van der Waals surface area contributed by atoms with Gasteiger partial charge in [0.2, 0.25) is 10.0 Å². The van der Waals surface area contributed by atoms with E-state index in [1.54, 1.807) is 6.92 Å². The molecule has 1 saturated heterocycles. The largest absolute Gasteiger partial charge is 0.385 e. The van der Waals surface area contributed by atoms with E-state index in [0.717, 1.165) is 51.0 Å². The van der Waals surface area contributed by atoms with Crippen molar-refractivity contribution in [1.82, 2.24) is 4.72 Å². The molecule has 2 fully saturated rings. The molecule has 170 valence electrons. The highest BCUT2D eigenvalue weighted by Gasteiger charge is 2.27. The van der Waals surface area contributed by atoms with Crippen LogP contribution < -0.4 is 14.9 Å². The van der Waals surface area contributed by atoms with Crippen LogP contribution in [0.25, 0.3) is 0 Å². The number of nitrogens with one attached hydrogen (secondary N) is 2. The summed E-state index contributed by atoms with van der Waals surface area (Å²) >= 11 is 0. The van der Waals surface area contributed by atoms with Crippen molar-refractivity contribution in [2.75, 3.05) is 29.9 Å². The molecule has 7 heteroatoms. The number of hydrogen-bond acceptors (Lipinski definition) is 5. The fraction of sp³-hybridized carbons (Fsp3) is 0.739. The van der Waals surface area contributed by atoms with E-state index in [0.29, 0.717) is 12.3 Å². The molecule has 1 aromatic carbocycles. The zero-order valence-electron chi connectivity index (χ0n) is 18.9. The van der Waals surface area contributed by atoms with Crippen molar-refractivity contribution in [2.24, 2.45) is 5.92 Å². The van der Waals surface area contributed by atoms with Crippen molar-refractivity contribution in [3.8, 4) is 0 Å². The molecule has 6 nitrogen and oxygen atoms in total. The highest BCUT2D eigenvalue weighted by atomic mass is 32.2. The van der Waals surface area contributed by atoms with Crippen LogP contribution in [0, 0.1) is 5.92 Å². The summed E-state index contributed by atoms with van der Waals surface area (Å²) in [5.74, 6) is 0.593. The summed E-state index contributed by atoms with van der Waals surface area (Å²) in [7, 11) is -3.18. The second-order valence-corrected chi connectivity index (χ2v) is 11.3. The molecule has 3 atom stereocenters. The van der Waals surface area contributed by atoms with Gasteiger partial charge in [-0.15, -0.1) is 0 Å². The molecule has 0 radical (unpaired) electrons. The maximum absolute atomic E-state index is 12.3. The first-order valence-electron chi connectivity index (χ1n) is 11.5. The van der Waals surface area contributed by atoms with E-state index in [1.807, 2.05) is 6.92 Å². The van der Waals surface area contributed by atoms with E-state index < -0.39 is 10.0 Å². The number of benzene rings is 1. The lowest BCUT2D eigenvalue weighted by atomic mass is 9.86. The maximum atomic E-state index is 12.3. The number of ether oxygens (including phenoxy) is 1. The van der Waals surface area contributed by atoms with Gasteiger partial charge < -0.3 is 15.0 Å². The predicted octanol–water partition coefficient (Wildman–Crippen LogP) is 3.99. The summed E-state index contributed by atoms with van der Waals surface area (Å²) in [6.45, 7) is 10.8. The summed E-state index contributed by atoms with van der Waals surface area (Å²) in [6.07, 6.45) is 5.14. The summed E-state index contributed by atoms with van der Waals surface area (Å²) in [6, 6.07) is 8.79. The lowest BCUT2D eigenvalue weighted by Gasteiger charge is -2.37. The molecule has 0 bridgehead atoms. The molecule has 2 aliphatic rings. The van der Waals surface area contributed by atoms with Crippen LogP contribution in [0.4, 0.5) is 11.4 Å². The molecule has 1 aliphatic carbocycles. The molecule has 3 rings (SSSR count). The van der Waals surface area contributed by atoms with Crippen LogP contribution in [0.2, 0.25) is 0 Å². The third-order valence-electron chi connectivity index (χ3n) is 6.53. The topological polar surface area (TPSA) is 70.7 Å². The normalized spacial score (nSPS) is 28.9. The first-order valence-corrected chi connectivity index (χ1v) is 13.1. The van der Waals surface area contributed by atoms with Gasteiger partial charge in [0.05, 0.1) is 17.5 Å². The van der Waals surface area contributed by atoms with Crippen molar-refractivity contribution >= 4 is 21.4 Å². The van der Waals surface area contributed by atoms with Crippen LogP contribution in [-0.2, 0) is 14.8 Å². The fourth-order valence-corrected chi connectivity index (χ4v) is 5.86. The minimum absolute atomic E-state index is 0.0952. The molecule has 0 aromatic heterocycles. The van der Waals surface area contributed by atoms with Gasteiger partial charge in [-0.2, -0.15) is 0 Å². The monoisotopic (exact) mass is 437 g/mol. The van der Waals surface area contributed by atoms with Crippen molar-refractivity contribution in [2.45, 2.75) is 83.3 Å². The Balaban J connectivity index is 1.42. The Labute approximate surface area is 182 Å². The smallest absolute Gasteiger partial charge is 0.214 e. The fourth-order valence-electron chi connectivity index (χ4n) is 4.49. The first-order chi connectivity index (χ1) is 14.3. The van der Waals surface area contributed by atoms with Crippen molar-refractivity contribution in [3.63, 3.8) is 0 Å². The summed E-state index contributed by atoms with van der Waals surface area (Å²) in [5.41, 5.74) is 2.39. The van der Waals surface area contributed by atoms with Crippen LogP contribution in [0.15, 0.2) is 24.3 Å². The zero-order valence-corrected chi connectivity index (χ0v) is 19.7. The summed E-state index contributed by atoms with van der Waals surface area (Å²) in [4.78, 5) is 2.39. The SMILES string of the molecule is CCC(C)S(=O)(=O)NC1CCC(CNc2ccc(N3CC(C)OC(C)C3)cc2)CC1. The highest BCUT2D eigenvalue weighted by Crippen LogP contribution is 2.27. The summed E-state index contributed by atoms with van der Waals surface area (Å²) in [5, 5.41) is 3.25. The van der Waals surface area contributed by atoms with Gasteiger partial charge in [-0.05, 0) is 83.1 Å². The molecule has 0 amide bonds. The van der Waals surface area contributed by atoms with Crippen LogP contribution in [0.3, 0.4) is 0 Å². The molecule has 3 unspecified atom stereocenters. The zero-order chi connectivity index (χ0) is 21.7. The Kier molecular flexibility index (Phi) is 8.04. The molecule has 1 aromatic rings. The van der Waals surface area contributed by atoms with E-state index in [2.05, 4.69) is 53.1 Å². The van der Waals surface area contributed by atoms with E-state index in [4.69, 9.17) is 4.74 Å². The van der Waals surface area contributed by atoms with Gasteiger partial charge in [-0.1, -0.05) is 6.92 Å². The average molecular weight is 438 g/mol. The Morgan fingerprint density at radius 2 is 1.67 bits per heavy atom. The Hall–Kier alpha value is -1.31. The summed E-state index contributed by atoms with van der Waals surface area (Å²) < 4.78 is 33.3. The second kappa shape index (κ2) is 10.3. The highest BCUT2D eigenvalue weighted by molar-refractivity contribution is 7.90. The van der Waals surface area contributed by atoms with Crippen LogP contribution >= 0.6 is 0 Å². The standard InChI is InChI=1S/C23H39N3O3S/c1-5-19(4)30(27,28)25-22-8-6-20(7-9-22)14-24-21-10-12-23(13-11-21)26-15-17(2)29-18(3)16-26/h10-13,17-20,22,24-25H,5-9,14-16H2,1-4H3. The quantitative estimate of drug-likeness (QED) is 0.643. The number of sulfonamides is 1. The first kappa shape index (κ1) is 23.4. The van der Waals surface area contributed by atoms with E-state index in [1.165, 1.54) is 5.69 Å². The number of nitrogens with zero attached hydrogens (tertiary/aromatic N) is 1. The number of hydrogen-bond donors (Lipinski definition) is 2. The molecule has 0 spiro atoms. The molecule has 1 saturated carbocycles. The molecule has 30 heavy (non-hydrogen) atoms. The molecule has 2 N–H and O–H groups in total. The lowest BCUT2D eigenvalue weighted by Crippen LogP contribution is -2.45. The third kappa shape index (κ3) is 6.34. The Morgan fingerprint density at radius 1 is 1.07 bits per heavy atom. The molecule has 1 heterocycles. The van der Waals surface area contributed by atoms with Gasteiger partial charge in [0.1, 0.15) is 0 Å². The van der Waals surface area contributed by atoms with Crippen LogP contribution in [0.5, 0.6) is 0 Å². The predicted molar refractivity (Wildman–Crippen MR) is 125 cm³/mol. The average Bonchev–Trinajstić information content (AvgIpc) is 2.72. The maximum Gasteiger partial charge on any atom is 0.214 e. The van der Waals surface area contributed by atoms with Gasteiger partial charge in [0, 0.05) is 37.1 Å². The van der Waals surface area contributed by atoms with E-state index in [-0.39, 0.29) is 23.5 Å². The molecule has 1 aliphatic heterocycles. The third-order valence-corrected chi connectivity index (χ3v) is 8.58. The van der Waals surface area contributed by atoms with Crippen molar-refractivity contribution in [3.05, 3.63) is 24.3 Å². The second-order valence-electron chi connectivity index (χ2n) is 9.19. The number of anilines is 2.